The summed E-state index contributed by atoms with van der Waals surface area (Å²) in [6, 6.07) is 0. The van der Waals surface area contributed by atoms with Crippen LogP contribution in [-0.2, 0) is 9.59 Å². The van der Waals surface area contributed by atoms with Gasteiger partial charge < -0.3 is 30.4 Å². The quantitative estimate of drug-likeness (QED) is 0.493. The van der Waals surface area contributed by atoms with Gasteiger partial charge in [0, 0.05) is 11.9 Å². The Balaban J connectivity index is 0. The van der Waals surface area contributed by atoms with Gasteiger partial charge in [0.15, 0.2) is 0 Å². The zero-order valence-electron chi connectivity index (χ0n) is 14.3. The van der Waals surface area contributed by atoms with Gasteiger partial charge in [-0.2, -0.15) is 0 Å². The number of rotatable bonds is 8. The summed E-state index contributed by atoms with van der Waals surface area (Å²) in [5.74, 6) is -1.86. The van der Waals surface area contributed by atoms with Crippen LogP contribution in [0.25, 0.3) is 0 Å². The van der Waals surface area contributed by atoms with Crippen LogP contribution in [0.3, 0.4) is 0 Å². The average Bonchev–Trinajstić information content (AvgIpc) is 2.50. The molecule has 0 atom stereocenters. The van der Waals surface area contributed by atoms with E-state index in [4.69, 9.17) is 0 Å². The Morgan fingerprint density at radius 2 is 1.05 bits per heavy atom. The largest absolute Gasteiger partial charge is 0.550 e. The normalized spacial score (nSPS) is 13.2. The second-order valence-corrected chi connectivity index (χ2v) is 5.39. The van der Waals surface area contributed by atoms with Crippen molar-refractivity contribution in [1.82, 2.24) is 0 Å². The summed E-state index contributed by atoms with van der Waals surface area (Å²) in [7, 11) is 0. The minimum Gasteiger partial charge on any atom is -0.550 e. The maximum absolute atomic E-state index is 9.76. The van der Waals surface area contributed by atoms with E-state index in [0.717, 1.165) is 38.5 Å². The molecule has 0 aromatic heterocycles. The summed E-state index contributed by atoms with van der Waals surface area (Å²) in [6.07, 6.45) is 6.07. The monoisotopic (exact) mass is 318 g/mol. The van der Waals surface area contributed by atoms with Gasteiger partial charge in [-0.05, 0) is 25.7 Å². The van der Waals surface area contributed by atoms with Gasteiger partial charge in [0.1, 0.15) is 26.2 Å². The average molecular weight is 318 g/mol. The van der Waals surface area contributed by atoms with Gasteiger partial charge in [-0.15, -0.1) is 0 Å². The van der Waals surface area contributed by atoms with E-state index in [1.807, 2.05) is 13.8 Å². The third-order valence-electron chi connectivity index (χ3n) is 3.12. The van der Waals surface area contributed by atoms with Crippen molar-refractivity contribution in [3.05, 3.63) is 0 Å². The lowest BCUT2D eigenvalue weighted by molar-refractivity contribution is -0.787. The molecule has 132 valence electrons. The van der Waals surface area contributed by atoms with Gasteiger partial charge >= 0.3 is 0 Å². The number of quaternary nitrogens is 2. The number of carboxylic acid groups (broad SMARTS) is 2. The van der Waals surface area contributed by atoms with Crippen LogP contribution in [0.5, 0.6) is 0 Å². The number of unbranched alkanes of at least 4 members (excludes halogenated alkanes) is 4. The maximum Gasteiger partial charge on any atom is 0.125 e. The smallest absolute Gasteiger partial charge is 0.125 e. The summed E-state index contributed by atoms with van der Waals surface area (Å²) < 4.78 is 0. The van der Waals surface area contributed by atoms with Crippen LogP contribution in [0.4, 0.5) is 0 Å². The van der Waals surface area contributed by atoms with Crippen molar-refractivity contribution in [1.29, 1.82) is 0 Å². The first-order chi connectivity index (χ1) is 10.5. The number of carboxylic acids is 2. The third kappa shape index (κ3) is 27.2. The van der Waals surface area contributed by atoms with E-state index in [-0.39, 0.29) is 12.8 Å². The van der Waals surface area contributed by atoms with E-state index in [1.165, 1.54) is 26.2 Å². The molecule has 1 aliphatic heterocycles. The minimum atomic E-state index is -0.932. The standard InChI is InChI=1S/2C6H12O2.C4H10N2/c2*1-2-3-4-5-6(7)8;1-2-6-4-3-5-1/h2*2-5H2,1H3,(H,7,8);5-6H,1-4H2. The molecule has 0 spiro atoms. The lowest BCUT2D eigenvalue weighted by Gasteiger charge is -2.04. The Hall–Kier alpha value is -1.14. The second-order valence-electron chi connectivity index (χ2n) is 5.39. The molecule has 0 unspecified atom stereocenters. The number of nitrogens with two attached hydrogens (primary N) is 2. The lowest BCUT2D eigenvalue weighted by Crippen LogP contribution is -3.04. The molecule has 0 saturated carbocycles. The summed E-state index contributed by atoms with van der Waals surface area (Å²) in [6.45, 7) is 9.35. The molecule has 1 rings (SSSR count). The highest BCUT2D eigenvalue weighted by atomic mass is 16.4. The molecular formula is C16H34N2O4. The number of hydrogen-bond acceptors (Lipinski definition) is 4. The molecule has 1 saturated heterocycles. The molecule has 4 N–H and O–H groups in total. The Kier molecular flexibility index (Phi) is 20.9. The van der Waals surface area contributed by atoms with Crippen molar-refractivity contribution >= 4 is 11.9 Å². The molecule has 0 amide bonds. The first kappa shape index (κ1) is 23.1. The van der Waals surface area contributed by atoms with E-state index in [0.29, 0.717) is 0 Å². The fraction of sp³-hybridized carbons (Fsp3) is 0.875. The SMILES string of the molecule is C1C[NH2+]CC[NH2+]1.CCCCCC(=O)[O-].CCCCCC(=O)[O-]. The Bertz CT molecular complexity index is 225. The van der Waals surface area contributed by atoms with Crippen LogP contribution in [0.2, 0.25) is 0 Å². The van der Waals surface area contributed by atoms with Gasteiger partial charge in [0.25, 0.3) is 0 Å². The fourth-order valence-electron chi connectivity index (χ4n) is 1.80. The Morgan fingerprint density at radius 1 is 0.727 bits per heavy atom. The van der Waals surface area contributed by atoms with Gasteiger partial charge in [0.2, 0.25) is 0 Å². The topological polar surface area (TPSA) is 113 Å². The van der Waals surface area contributed by atoms with Gasteiger partial charge in [0.05, 0.1) is 0 Å². The zero-order valence-corrected chi connectivity index (χ0v) is 14.3. The fourth-order valence-corrected chi connectivity index (χ4v) is 1.80. The van der Waals surface area contributed by atoms with Gasteiger partial charge in [-0.25, -0.2) is 0 Å². The van der Waals surface area contributed by atoms with E-state index in [2.05, 4.69) is 10.6 Å². The van der Waals surface area contributed by atoms with Crippen molar-refractivity contribution in [2.45, 2.75) is 65.2 Å². The maximum atomic E-state index is 9.76. The summed E-state index contributed by atoms with van der Waals surface area (Å²) in [5, 5.41) is 24.2. The highest BCUT2D eigenvalue weighted by molar-refractivity contribution is 5.64. The Labute approximate surface area is 134 Å². The van der Waals surface area contributed by atoms with Crippen molar-refractivity contribution < 1.29 is 30.4 Å². The summed E-state index contributed by atoms with van der Waals surface area (Å²) in [5.41, 5.74) is 0. The predicted molar refractivity (Wildman–Crippen MR) is 81.6 cm³/mol. The van der Waals surface area contributed by atoms with Crippen LogP contribution >= 0.6 is 0 Å². The van der Waals surface area contributed by atoms with E-state index in [1.54, 1.807) is 0 Å². The molecule has 0 aromatic carbocycles. The lowest BCUT2D eigenvalue weighted by atomic mass is 10.2. The number of carbonyl (C=O) groups excluding carboxylic acids is 2. The molecule has 0 bridgehead atoms. The van der Waals surface area contributed by atoms with Crippen molar-refractivity contribution in [2.75, 3.05) is 26.2 Å². The van der Waals surface area contributed by atoms with Crippen molar-refractivity contribution in [3.8, 4) is 0 Å². The van der Waals surface area contributed by atoms with E-state index >= 15 is 0 Å². The molecule has 6 nitrogen and oxygen atoms in total. The van der Waals surface area contributed by atoms with Crippen molar-refractivity contribution in [3.63, 3.8) is 0 Å². The number of aliphatic carboxylic acids is 2. The third-order valence-corrected chi connectivity index (χ3v) is 3.12. The molecule has 1 heterocycles. The summed E-state index contributed by atoms with van der Waals surface area (Å²) >= 11 is 0. The number of piperazine rings is 1. The molecule has 0 aliphatic carbocycles. The van der Waals surface area contributed by atoms with Crippen LogP contribution < -0.4 is 20.8 Å². The first-order valence-corrected chi connectivity index (χ1v) is 8.57. The summed E-state index contributed by atoms with van der Waals surface area (Å²) in [4.78, 5) is 19.5. The van der Waals surface area contributed by atoms with Crippen LogP contribution in [0, 0.1) is 0 Å². The molecule has 1 fully saturated rings. The van der Waals surface area contributed by atoms with E-state index < -0.39 is 11.9 Å². The first-order valence-electron chi connectivity index (χ1n) is 8.57. The van der Waals surface area contributed by atoms with Gasteiger partial charge in [-0.1, -0.05) is 39.5 Å². The van der Waals surface area contributed by atoms with Crippen LogP contribution in [0.15, 0.2) is 0 Å². The molecule has 0 radical (unpaired) electrons. The molecular weight excluding hydrogens is 284 g/mol. The molecule has 6 heteroatoms. The molecule has 1 aliphatic rings. The van der Waals surface area contributed by atoms with Crippen molar-refractivity contribution in [2.24, 2.45) is 0 Å². The van der Waals surface area contributed by atoms with Crippen LogP contribution in [0.1, 0.15) is 65.2 Å². The zero-order chi connectivity index (χ0) is 17.1. The highest BCUT2D eigenvalue weighted by Crippen LogP contribution is 1.96. The molecule has 22 heavy (non-hydrogen) atoms. The predicted octanol–water partition coefficient (Wildman–Crippen LogP) is -2.24. The van der Waals surface area contributed by atoms with E-state index in [9.17, 15) is 19.8 Å². The van der Waals surface area contributed by atoms with Gasteiger partial charge in [-0.3, -0.25) is 0 Å². The number of hydrogen-bond donors (Lipinski definition) is 2. The second kappa shape index (κ2) is 19.9. The van der Waals surface area contributed by atoms with Crippen LogP contribution in [-0.4, -0.2) is 38.1 Å². The number of carbonyl (C=O) groups is 2. The molecule has 0 aromatic rings. The Morgan fingerprint density at radius 3 is 1.23 bits per heavy atom. The highest BCUT2D eigenvalue weighted by Gasteiger charge is 1.99. The minimum absolute atomic E-state index is 0.216.